The molecular weight excluding hydrogens is 214 g/mol. The Hall–Kier alpha value is -1.97. The fourth-order valence-electron chi connectivity index (χ4n) is 1.96. The van der Waals surface area contributed by atoms with Crippen LogP contribution in [-0.2, 0) is 0 Å². The monoisotopic (exact) mass is 231 g/mol. The van der Waals surface area contributed by atoms with Crippen molar-refractivity contribution in [2.45, 2.75) is 19.9 Å². The summed E-state index contributed by atoms with van der Waals surface area (Å²) in [5.41, 5.74) is 8.15. The largest absolute Gasteiger partial charge is 0.496 e. The number of anilines is 1. The van der Waals surface area contributed by atoms with Gasteiger partial charge in [0.2, 0.25) is 0 Å². The van der Waals surface area contributed by atoms with Crippen LogP contribution < -0.4 is 10.5 Å². The van der Waals surface area contributed by atoms with Crippen molar-refractivity contribution in [2.75, 3.05) is 12.8 Å². The third-order valence-corrected chi connectivity index (χ3v) is 2.90. The summed E-state index contributed by atoms with van der Waals surface area (Å²) in [6.07, 6.45) is 1.70. The molecule has 2 rings (SSSR count). The quantitative estimate of drug-likeness (QED) is 0.882. The number of ether oxygens (including phenoxy) is 1. The molecule has 4 heteroatoms. The van der Waals surface area contributed by atoms with E-state index in [2.05, 4.69) is 25.0 Å². The molecule has 4 nitrogen and oxygen atoms in total. The Kier molecular flexibility index (Phi) is 3.04. The van der Waals surface area contributed by atoms with Gasteiger partial charge < -0.3 is 10.5 Å². The van der Waals surface area contributed by atoms with Crippen LogP contribution in [-0.4, -0.2) is 16.9 Å². The first kappa shape index (κ1) is 11.5. The first-order chi connectivity index (χ1) is 8.13. The van der Waals surface area contributed by atoms with Gasteiger partial charge in [0.15, 0.2) is 0 Å². The van der Waals surface area contributed by atoms with E-state index in [4.69, 9.17) is 10.5 Å². The van der Waals surface area contributed by atoms with Crippen molar-refractivity contribution in [3.8, 4) is 5.75 Å². The van der Waals surface area contributed by atoms with E-state index in [0.717, 1.165) is 11.3 Å². The molecule has 0 radical (unpaired) electrons. The Balaban J connectivity index is 2.46. The first-order valence-corrected chi connectivity index (χ1v) is 5.57. The van der Waals surface area contributed by atoms with Gasteiger partial charge in [-0.05, 0) is 26.0 Å². The molecule has 1 unspecified atom stereocenters. The van der Waals surface area contributed by atoms with Gasteiger partial charge in [0.1, 0.15) is 11.6 Å². The molecule has 0 amide bonds. The Bertz CT molecular complexity index is 519. The summed E-state index contributed by atoms with van der Waals surface area (Å²) in [6.45, 7) is 4.11. The average Bonchev–Trinajstić information content (AvgIpc) is 2.74. The number of aromatic nitrogens is 2. The van der Waals surface area contributed by atoms with Crippen LogP contribution in [0.3, 0.4) is 0 Å². The number of nitrogen functional groups attached to an aromatic ring is 1. The number of aryl methyl sites for hydroxylation is 1. The van der Waals surface area contributed by atoms with Crippen LogP contribution in [0.1, 0.15) is 24.1 Å². The molecule has 90 valence electrons. The number of benzene rings is 1. The molecule has 17 heavy (non-hydrogen) atoms. The third kappa shape index (κ3) is 2.11. The maximum absolute atomic E-state index is 5.87. The summed E-state index contributed by atoms with van der Waals surface area (Å²) in [5, 5.41) is 4.23. The molecule has 0 aliphatic rings. The number of hydrogen-bond donors (Lipinski definition) is 1. The third-order valence-electron chi connectivity index (χ3n) is 2.90. The van der Waals surface area contributed by atoms with Crippen LogP contribution >= 0.6 is 0 Å². The van der Waals surface area contributed by atoms with Gasteiger partial charge in [-0.25, -0.2) is 4.68 Å². The van der Waals surface area contributed by atoms with Crippen LogP contribution in [0.2, 0.25) is 0 Å². The molecule has 1 atom stereocenters. The zero-order valence-electron chi connectivity index (χ0n) is 10.3. The van der Waals surface area contributed by atoms with E-state index in [1.807, 2.05) is 12.1 Å². The molecule has 0 saturated carbocycles. The second-order valence-corrected chi connectivity index (χ2v) is 4.12. The van der Waals surface area contributed by atoms with E-state index < -0.39 is 0 Å². The van der Waals surface area contributed by atoms with Gasteiger partial charge in [-0.1, -0.05) is 17.7 Å². The minimum atomic E-state index is 0.0554. The van der Waals surface area contributed by atoms with Crippen molar-refractivity contribution in [3.63, 3.8) is 0 Å². The van der Waals surface area contributed by atoms with Crippen molar-refractivity contribution >= 4 is 5.82 Å². The maximum atomic E-state index is 5.87. The minimum Gasteiger partial charge on any atom is -0.496 e. The fraction of sp³-hybridized carbons (Fsp3) is 0.308. The summed E-state index contributed by atoms with van der Waals surface area (Å²) in [6, 6.07) is 7.95. The number of nitrogens with zero attached hydrogens (tertiary/aromatic N) is 2. The highest BCUT2D eigenvalue weighted by Gasteiger charge is 2.15. The lowest BCUT2D eigenvalue weighted by Gasteiger charge is -2.18. The molecule has 0 fully saturated rings. The predicted octanol–water partition coefficient (Wildman–Crippen LogP) is 2.39. The molecule has 0 spiro atoms. The lowest BCUT2D eigenvalue weighted by Crippen LogP contribution is -2.12. The first-order valence-electron chi connectivity index (χ1n) is 5.57. The average molecular weight is 231 g/mol. The zero-order valence-corrected chi connectivity index (χ0v) is 10.3. The van der Waals surface area contributed by atoms with Gasteiger partial charge in [-0.15, -0.1) is 0 Å². The van der Waals surface area contributed by atoms with E-state index in [-0.39, 0.29) is 6.04 Å². The summed E-state index contributed by atoms with van der Waals surface area (Å²) >= 11 is 0. The Labute approximate surface area is 101 Å². The highest BCUT2D eigenvalue weighted by atomic mass is 16.5. The van der Waals surface area contributed by atoms with Crippen molar-refractivity contribution in [1.82, 2.24) is 9.78 Å². The van der Waals surface area contributed by atoms with Gasteiger partial charge >= 0.3 is 0 Å². The van der Waals surface area contributed by atoms with Crippen LogP contribution in [0, 0.1) is 6.92 Å². The van der Waals surface area contributed by atoms with Crippen molar-refractivity contribution < 1.29 is 4.74 Å². The SMILES string of the molecule is COc1ccc(C)cc1C(C)n1nccc1N. The van der Waals surface area contributed by atoms with Gasteiger partial charge in [0, 0.05) is 5.56 Å². The van der Waals surface area contributed by atoms with Gasteiger partial charge in [0.05, 0.1) is 19.3 Å². The predicted molar refractivity (Wildman–Crippen MR) is 68.2 cm³/mol. The van der Waals surface area contributed by atoms with Crippen molar-refractivity contribution in [3.05, 3.63) is 41.6 Å². The highest BCUT2D eigenvalue weighted by Crippen LogP contribution is 2.29. The van der Waals surface area contributed by atoms with Crippen LogP contribution in [0.5, 0.6) is 5.75 Å². The Morgan fingerprint density at radius 2 is 2.12 bits per heavy atom. The summed E-state index contributed by atoms with van der Waals surface area (Å²) in [4.78, 5) is 0. The number of hydrogen-bond acceptors (Lipinski definition) is 3. The van der Waals surface area contributed by atoms with Crippen LogP contribution in [0.25, 0.3) is 0 Å². The topological polar surface area (TPSA) is 53.1 Å². The van der Waals surface area contributed by atoms with Crippen molar-refractivity contribution in [2.24, 2.45) is 0 Å². The second kappa shape index (κ2) is 4.49. The molecule has 0 bridgehead atoms. The minimum absolute atomic E-state index is 0.0554. The number of nitrogens with two attached hydrogens (primary N) is 1. The van der Waals surface area contributed by atoms with E-state index in [0.29, 0.717) is 5.82 Å². The van der Waals surface area contributed by atoms with Gasteiger partial charge in [-0.2, -0.15) is 5.10 Å². The second-order valence-electron chi connectivity index (χ2n) is 4.12. The molecule has 1 aromatic heterocycles. The smallest absolute Gasteiger partial charge is 0.124 e. The molecule has 0 aliphatic carbocycles. The van der Waals surface area contributed by atoms with E-state index >= 15 is 0 Å². The fourth-order valence-corrected chi connectivity index (χ4v) is 1.96. The molecule has 0 saturated heterocycles. The number of rotatable bonds is 3. The Morgan fingerprint density at radius 3 is 2.71 bits per heavy atom. The van der Waals surface area contributed by atoms with E-state index in [9.17, 15) is 0 Å². The van der Waals surface area contributed by atoms with Gasteiger partial charge in [0.25, 0.3) is 0 Å². The maximum Gasteiger partial charge on any atom is 0.124 e. The van der Waals surface area contributed by atoms with Crippen molar-refractivity contribution in [1.29, 1.82) is 0 Å². The zero-order chi connectivity index (χ0) is 12.4. The molecule has 1 aromatic carbocycles. The van der Waals surface area contributed by atoms with Crippen LogP contribution in [0.4, 0.5) is 5.82 Å². The molecule has 1 heterocycles. The lowest BCUT2D eigenvalue weighted by atomic mass is 10.0. The van der Waals surface area contributed by atoms with E-state index in [1.54, 1.807) is 24.1 Å². The highest BCUT2D eigenvalue weighted by molar-refractivity contribution is 5.40. The molecule has 2 aromatic rings. The lowest BCUT2D eigenvalue weighted by molar-refractivity contribution is 0.401. The molecule has 0 aliphatic heterocycles. The summed E-state index contributed by atoms with van der Waals surface area (Å²) in [5.74, 6) is 1.51. The standard InChI is InChI=1S/C13H17N3O/c1-9-4-5-12(17-3)11(8-9)10(2)16-13(14)6-7-15-16/h4-8,10H,14H2,1-3H3. The molecule has 2 N–H and O–H groups in total. The Morgan fingerprint density at radius 1 is 1.35 bits per heavy atom. The summed E-state index contributed by atoms with van der Waals surface area (Å²) in [7, 11) is 1.67. The normalized spacial score (nSPS) is 12.4. The van der Waals surface area contributed by atoms with E-state index in [1.165, 1.54) is 5.56 Å². The number of methoxy groups -OCH3 is 1. The van der Waals surface area contributed by atoms with Crippen LogP contribution in [0.15, 0.2) is 30.5 Å². The van der Waals surface area contributed by atoms with Gasteiger partial charge in [-0.3, -0.25) is 0 Å². The summed E-state index contributed by atoms with van der Waals surface area (Å²) < 4.78 is 7.17. The molecular formula is C13H17N3O.